The van der Waals surface area contributed by atoms with E-state index >= 15 is 0 Å². The monoisotopic (exact) mass is 899 g/mol. The Bertz CT molecular complexity index is 637. The van der Waals surface area contributed by atoms with Gasteiger partial charge in [-0.1, -0.05) is 0 Å². The first-order chi connectivity index (χ1) is 25.4. The summed E-state index contributed by atoms with van der Waals surface area (Å²) in [6, 6.07) is 0. The molecule has 0 radical (unpaired) electrons. The molecule has 0 aliphatic heterocycles. The Morgan fingerprint density at radius 1 is 0.250 bits per heavy atom. The van der Waals surface area contributed by atoms with Crippen molar-refractivity contribution in [2.45, 2.75) is 269 Å². The van der Waals surface area contributed by atoms with Crippen LogP contribution in [0.15, 0.2) is 0 Å². The third-order valence-electron chi connectivity index (χ3n) is 13.2. The summed E-state index contributed by atoms with van der Waals surface area (Å²) in [5.74, 6) is 0. The van der Waals surface area contributed by atoms with Gasteiger partial charge in [-0.25, -0.2) is 0 Å². The van der Waals surface area contributed by atoms with Crippen LogP contribution in [0.3, 0.4) is 0 Å². The molecule has 0 aromatic heterocycles. The Morgan fingerprint density at radius 3 is 0.692 bits per heavy atom. The van der Waals surface area contributed by atoms with Gasteiger partial charge in [0.2, 0.25) is 0 Å². The van der Waals surface area contributed by atoms with E-state index in [4.69, 9.17) is 0 Å². The molecule has 0 aliphatic rings. The molecular formula is C48H102Br2P2. The molecule has 0 saturated carbocycles. The number of unbranched alkanes of at least 4 members (excludes halogenated alkanes) is 25. The van der Waals surface area contributed by atoms with Crippen molar-refractivity contribution in [1.82, 2.24) is 0 Å². The molecule has 0 aromatic carbocycles. The van der Waals surface area contributed by atoms with E-state index in [2.05, 4.69) is 73.4 Å². The van der Waals surface area contributed by atoms with Crippen molar-refractivity contribution in [2.75, 3.05) is 37.0 Å². The van der Waals surface area contributed by atoms with Crippen LogP contribution in [0, 0.1) is 0 Å². The van der Waals surface area contributed by atoms with Crippen molar-refractivity contribution >= 4 is 46.4 Å². The average molecular weight is 901 g/mol. The van der Waals surface area contributed by atoms with E-state index in [9.17, 15) is 0 Å². The zero-order chi connectivity index (χ0) is 38.4. The summed E-state index contributed by atoms with van der Waals surface area (Å²) in [6.45, 7) is 14.3. The molecule has 0 fully saturated rings. The van der Waals surface area contributed by atoms with Crippen LogP contribution < -0.4 is 0 Å². The third-order valence-corrected chi connectivity index (χ3v) is 31.2. The molecule has 0 rings (SSSR count). The molecule has 2 atom stereocenters. The molecule has 0 saturated heterocycles. The van der Waals surface area contributed by atoms with Crippen molar-refractivity contribution in [2.24, 2.45) is 0 Å². The van der Waals surface area contributed by atoms with Gasteiger partial charge in [-0.15, -0.1) is 0 Å². The quantitative estimate of drug-likeness (QED) is 0.0325. The predicted molar refractivity (Wildman–Crippen MR) is 262 cm³/mol. The first-order valence-electron chi connectivity index (χ1n) is 24.7. The molecule has 0 aliphatic carbocycles. The average Bonchev–Trinajstić information content (AvgIpc) is 3.15. The number of rotatable bonds is 43. The molecule has 4 heteroatoms. The van der Waals surface area contributed by atoms with Gasteiger partial charge in [0.1, 0.15) is 0 Å². The molecule has 2 unspecified atom stereocenters. The van der Waals surface area contributed by atoms with E-state index in [0.717, 1.165) is 9.14 Å². The molecule has 0 nitrogen and oxygen atoms in total. The van der Waals surface area contributed by atoms with Crippen LogP contribution in [0.25, 0.3) is 0 Å². The minimum atomic E-state index is -1.33. The molecule has 0 aromatic rings. The second-order valence-electron chi connectivity index (χ2n) is 17.9. The van der Waals surface area contributed by atoms with Crippen LogP contribution in [0.4, 0.5) is 0 Å². The van der Waals surface area contributed by atoms with Crippen molar-refractivity contribution in [3.05, 3.63) is 0 Å². The Hall–Kier alpha value is 1.82. The minimum absolute atomic E-state index is 0.862. The van der Waals surface area contributed by atoms with E-state index in [-0.39, 0.29) is 0 Å². The third kappa shape index (κ3) is 28.3. The zero-order valence-corrected chi connectivity index (χ0v) is 42.4. The summed E-state index contributed by atoms with van der Waals surface area (Å²) >= 11 is 8.89. The Balaban J connectivity index is 4.91. The van der Waals surface area contributed by atoms with Gasteiger partial charge in [-0.05, 0) is 0 Å². The second kappa shape index (κ2) is 39.6. The van der Waals surface area contributed by atoms with E-state index in [1.807, 2.05) is 0 Å². The van der Waals surface area contributed by atoms with Crippen LogP contribution >= 0.6 is 46.4 Å². The van der Waals surface area contributed by atoms with E-state index in [1.165, 1.54) is 218 Å². The summed E-state index contributed by atoms with van der Waals surface area (Å²) in [7, 11) is -2.53. The van der Waals surface area contributed by atoms with Gasteiger partial charge in [0.05, 0.1) is 0 Å². The van der Waals surface area contributed by atoms with Gasteiger partial charge in [0, 0.05) is 0 Å². The standard InChI is InChI=1S/C48H102Br2P2/c1-7-13-19-22-31-36-44-52(45-37-32-23-20-14-8-2,46-38-33-24-21-15-9-3)48(50)40-35-30-28-26-25-27-29-34-39-47(49)51(41-16-10-4,42-17-11-5)43-18-12-6/h47-48,51-52H,7-46H2,1-6H3. The second-order valence-corrected chi connectivity index (χ2v) is 31.7. The van der Waals surface area contributed by atoms with Gasteiger partial charge >= 0.3 is 352 Å². The van der Waals surface area contributed by atoms with Crippen LogP contribution in [0.5, 0.6) is 0 Å². The van der Waals surface area contributed by atoms with Crippen LogP contribution in [-0.4, -0.2) is 46.1 Å². The summed E-state index contributed by atoms with van der Waals surface area (Å²) in [5.41, 5.74) is 0. The van der Waals surface area contributed by atoms with Gasteiger partial charge in [-0.2, -0.15) is 0 Å². The van der Waals surface area contributed by atoms with Gasteiger partial charge in [-0.3, -0.25) is 0 Å². The topological polar surface area (TPSA) is 0 Å². The Morgan fingerprint density at radius 2 is 0.442 bits per heavy atom. The summed E-state index contributed by atoms with van der Waals surface area (Å²) in [6.07, 6.45) is 59.2. The number of alkyl halides is 2. The number of hydrogen-bond donors (Lipinski definition) is 0. The normalized spacial score (nSPS) is 14.2. The Labute approximate surface area is 350 Å². The predicted octanol–water partition coefficient (Wildman–Crippen LogP) is 19.3. The molecule has 52 heavy (non-hydrogen) atoms. The van der Waals surface area contributed by atoms with Crippen molar-refractivity contribution in [1.29, 1.82) is 0 Å². The maximum absolute atomic E-state index is 4.52. The van der Waals surface area contributed by atoms with Crippen molar-refractivity contribution in [3.63, 3.8) is 0 Å². The molecule has 0 amide bonds. The first kappa shape index (κ1) is 53.8. The van der Waals surface area contributed by atoms with Crippen LogP contribution in [-0.2, 0) is 0 Å². The molecular weight excluding hydrogens is 798 g/mol. The van der Waals surface area contributed by atoms with Crippen LogP contribution in [0.2, 0.25) is 0 Å². The van der Waals surface area contributed by atoms with Gasteiger partial charge in [0.15, 0.2) is 0 Å². The fourth-order valence-corrected chi connectivity index (χ4v) is 25.2. The SMILES string of the molecule is CCCCCCCC[PH](CCCCCCCC)(CCCCCCCC)C(Br)CCCCCCCCCCC(Br)[PH](CCCC)(CCCC)CCCC. The molecule has 0 bridgehead atoms. The Kier molecular flexibility index (Phi) is 41.0. The number of halogens is 2. The fourth-order valence-electron chi connectivity index (χ4n) is 9.37. The molecule has 318 valence electrons. The van der Waals surface area contributed by atoms with Gasteiger partial charge in [0.25, 0.3) is 0 Å². The van der Waals surface area contributed by atoms with Crippen molar-refractivity contribution in [3.8, 4) is 0 Å². The van der Waals surface area contributed by atoms with E-state index in [0.29, 0.717) is 0 Å². The zero-order valence-electron chi connectivity index (χ0n) is 37.2. The van der Waals surface area contributed by atoms with Gasteiger partial charge < -0.3 is 0 Å². The van der Waals surface area contributed by atoms with Crippen molar-refractivity contribution < 1.29 is 0 Å². The fraction of sp³-hybridized carbons (Fsp3) is 1.00. The summed E-state index contributed by atoms with van der Waals surface area (Å²) < 4.78 is 1.72. The number of hydrogen-bond acceptors (Lipinski definition) is 0. The van der Waals surface area contributed by atoms with E-state index < -0.39 is 14.5 Å². The molecule has 0 spiro atoms. The maximum atomic E-state index is 4.52. The molecule has 0 heterocycles. The van der Waals surface area contributed by atoms with Crippen LogP contribution in [0.1, 0.15) is 260 Å². The summed E-state index contributed by atoms with van der Waals surface area (Å²) in [4.78, 5) is 0. The first-order valence-corrected chi connectivity index (χ1v) is 31.9. The summed E-state index contributed by atoms with van der Waals surface area (Å²) in [5, 5.41) is 0. The molecule has 0 N–H and O–H groups in total. The van der Waals surface area contributed by atoms with E-state index in [1.54, 1.807) is 37.0 Å².